The third-order valence-corrected chi connectivity index (χ3v) is 10.4. The summed E-state index contributed by atoms with van der Waals surface area (Å²) >= 11 is 0. The van der Waals surface area contributed by atoms with E-state index in [4.69, 9.17) is 0 Å². The van der Waals surface area contributed by atoms with Crippen molar-refractivity contribution in [3.63, 3.8) is 0 Å². The zero-order valence-electron chi connectivity index (χ0n) is 33.2. The first-order valence-electron chi connectivity index (χ1n) is 18.7. The van der Waals surface area contributed by atoms with Crippen molar-refractivity contribution in [1.29, 1.82) is 0 Å². The topological polar surface area (TPSA) is 160 Å². The minimum Gasteiger partial charge on any atom is -0.373 e. The number of nitrogens with one attached hydrogen (secondary N) is 4. The van der Waals surface area contributed by atoms with Gasteiger partial charge in [-0.2, -0.15) is 0 Å². The number of anilines is 2. The molecule has 1 aromatic carbocycles. The lowest BCUT2D eigenvalue weighted by molar-refractivity contribution is -0.140. The summed E-state index contributed by atoms with van der Waals surface area (Å²) in [7, 11) is 5.21. The summed E-state index contributed by atoms with van der Waals surface area (Å²) in [5, 5.41) is 11.9. The molecule has 1 aromatic rings. The Balaban J connectivity index is 1.80. The lowest BCUT2D eigenvalue weighted by Crippen LogP contribution is -2.60. The summed E-state index contributed by atoms with van der Waals surface area (Å²) in [4.78, 5) is 83.9. The molecule has 51 heavy (non-hydrogen) atoms. The lowest BCUT2D eigenvalue weighted by Gasteiger charge is -2.39. The zero-order chi connectivity index (χ0) is 38.6. The molecular formula is C38H65N7O6. The minimum atomic E-state index is -0.869. The molecule has 1 aliphatic heterocycles. The minimum absolute atomic E-state index is 0.0591. The number of likely N-dealkylation sites (tertiary alicyclic amines) is 1. The molecule has 2 aliphatic rings. The average Bonchev–Trinajstić information content (AvgIpc) is 3.74. The Hall–Kier alpha value is -3.48. The van der Waals surface area contributed by atoms with Crippen molar-refractivity contribution in [3.05, 3.63) is 20.4 Å². The molecule has 0 bridgehead atoms. The van der Waals surface area contributed by atoms with Crippen LogP contribution in [0.4, 0.5) is 16.2 Å². The number of ketones is 1. The number of amides is 4. The molecule has 1 heterocycles. The fourth-order valence-corrected chi connectivity index (χ4v) is 7.11. The molecule has 1 saturated heterocycles. The summed E-state index contributed by atoms with van der Waals surface area (Å²) in [5.74, 6) is -0.774. The van der Waals surface area contributed by atoms with Crippen molar-refractivity contribution in [3.8, 4) is 0 Å². The molecule has 1 unspecified atom stereocenters. The van der Waals surface area contributed by atoms with Gasteiger partial charge in [0.05, 0.1) is 18.1 Å². The zero-order valence-corrected chi connectivity index (χ0v) is 33.2. The van der Waals surface area contributed by atoms with Crippen molar-refractivity contribution in [1.82, 2.24) is 26.2 Å². The first-order chi connectivity index (χ1) is 23.6. The largest absolute Gasteiger partial charge is 0.373 e. The highest BCUT2D eigenvalue weighted by Gasteiger charge is 2.44. The van der Waals surface area contributed by atoms with Crippen LogP contribution in [-0.2, 0) is 14.4 Å². The van der Waals surface area contributed by atoms with Gasteiger partial charge >= 0.3 is 6.03 Å². The molecule has 1 aliphatic carbocycles. The number of hydrogen-bond acceptors (Lipinski definition) is 9. The van der Waals surface area contributed by atoms with Crippen LogP contribution in [0.15, 0.2) is 9.59 Å². The quantitative estimate of drug-likeness (QED) is 0.178. The number of Topliss-reactive ketones (excluding diaryl/α,β-unsaturated/α-hetero) is 1. The van der Waals surface area contributed by atoms with E-state index in [1.807, 2.05) is 20.8 Å². The molecule has 1 saturated carbocycles. The first kappa shape index (κ1) is 41.9. The maximum absolute atomic E-state index is 14.2. The van der Waals surface area contributed by atoms with Crippen molar-refractivity contribution < 1.29 is 19.2 Å². The summed E-state index contributed by atoms with van der Waals surface area (Å²) in [6, 6.07) is -2.47. The Morgan fingerprint density at radius 1 is 0.824 bits per heavy atom. The molecule has 3 rings (SSSR count). The predicted molar refractivity (Wildman–Crippen MR) is 203 cm³/mol. The van der Waals surface area contributed by atoms with Crippen molar-refractivity contribution in [2.75, 3.05) is 57.1 Å². The fraction of sp³-hybridized carbons (Fsp3) is 0.789. The van der Waals surface area contributed by atoms with Crippen molar-refractivity contribution in [2.45, 2.75) is 119 Å². The smallest absolute Gasteiger partial charge is 0.315 e. The molecule has 5 atom stereocenters. The fourth-order valence-electron chi connectivity index (χ4n) is 7.11. The van der Waals surface area contributed by atoms with Crippen LogP contribution in [0.3, 0.4) is 0 Å². The summed E-state index contributed by atoms with van der Waals surface area (Å²) in [6.07, 6.45) is 4.07. The molecule has 13 heteroatoms. The van der Waals surface area contributed by atoms with E-state index < -0.39 is 34.6 Å². The number of rotatable bonds is 17. The van der Waals surface area contributed by atoms with Gasteiger partial charge in [-0.1, -0.05) is 68.2 Å². The van der Waals surface area contributed by atoms with Crippen LogP contribution in [-0.4, -0.2) is 100 Å². The monoisotopic (exact) mass is 715 g/mol. The van der Waals surface area contributed by atoms with Crippen LogP contribution < -0.4 is 41.9 Å². The van der Waals surface area contributed by atoms with E-state index in [0.29, 0.717) is 55.8 Å². The van der Waals surface area contributed by atoms with Gasteiger partial charge in [-0.05, 0) is 61.3 Å². The van der Waals surface area contributed by atoms with Gasteiger partial charge < -0.3 is 31.1 Å². The van der Waals surface area contributed by atoms with Gasteiger partial charge in [-0.25, -0.2) is 4.79 Å². The summed E-state index contributed by atoms with van der Waals surface area (Å²) in [6.45, 7) is 19.9. The van der Waals surface area contributed by atoms with E-state index in [0.717, 1.165) is 25.7 Å². The van der Waals surface area contributed by atoms with Crippen molar-refractivity contribution >= 4 is 35.0 Å². The molecule has 4 amide bonds. The van der Waals surface area contributed by atoms with Gasteiger partial charge in [0.25, 0.3) is 16.8 Å². The Kier molecular flexibility index (Phi) is 13.9. The van der Waals surface area contributed by atoms with Gasteiger partial charge in [0, 0.05) is 46.8 Å². The third kappa shape index (κ3) is 11.0. The average molecular weight is 716 g/mol. The molecule has 0 radical (unpaired) electrons. The third-order valence-electron chi connectivity index (χ3n) is 10.4. The Bertz CT molecular complexity index is 1460. The Morgan fingerprint density at radius 2 is 1.39 bits per heavy atom. The number of hydrogen-bond donors (Lipinski definition) is 4. The van der Waals surface area contributed by atoms with Crippen LogP contribution in [0.25, 0.3) is 0 Å². The van der Waals surface area contributed by atoms with E-state index in [-0.39, 0.29) is 40.8 Å². The van der Waals surface area contributed by atoms with Crippen LogP contribution >= 0.6 is 0 Å². The first-order valence-corrected chi connectivity index (χ1v) is 18.7. The number of urea groups is 1. The summed E-state index contributed by atoms with van der Waals surface area (Å²) < 4.78 is 0. The predicted octanol–water partition coefficient (Wildman–Crippen LogP) is 2.64. The maximum atomic E-state index is 14.2. The standard InChI is InChI=1S/C38H65N7O6/c1-13-39-35(50)31(46)25(19-23-14-15-23)40-34(49)28-24(18-22(2)3)16-17-45(28)21-27(38(7,8)9)42-36(51)41-26(37(4,5)6)20-44(12)30-29(43(10)11)32(47)33(30)48/h22-28H,13-21H2,1-12H3,(H,39,50)(H,40,49)(H2,41,42,51)/t24-,25?,26-,27-,28+/m1/s1. The van der Waals surface area contributed by atoms with Crippen LogP contribution in [0.1, 0.15) is 94.4 Å². The Morgan fingerprint density at radius 3 is 1.90 bits per heavy atom. The highest BCUT2D eigenvalue weighted by Crippen LogP contribution is 2.35. The van der Waals surface area contributed by atoms with E-state index in [9.17, 15) is 28.8 Å². The van der Waals surface area contributed by atoms with E-state index in [2.05, 4.69) is 60.8 Å². The van der Waals surface area contributed by atoms with E-state index >= 15 is 0 Å². The Labute approximate surface area is 304 Å². The van der Waals surface area contributed by atoms with Gasteiger partial charge in [-0.15, -0.1) is 0 Å². The van der Waals surface area contributed by atoms with Crippen LogP contribution in [0.2, 0.25) is 0 Å². The molecule has 0 aromatic heterocycles. The summed E-state index contributed by atoms with van der Waals surface area (Å²) in [5.41, 5.74) is -1.10. The number of likely N-dealkylation sites (N-methyl/N-ethyl adjacent to an activating group) is 2. The highest BCUT2D eigenvalue weighted by molar-refractivity contribution is 6.38. The van der Waals surface area contributed by atoms with Gasteiger partial charge in [-0.3, -0.25) is 28.9 Å². The second-order valence-corrected chi connectivity index (χ2v) is 17.7. The van der Waals surface area contributed by atoms with Crippen LogP contribution in [0.5, 0.6) is 0 Å². The second kappa shape index (κ2) is 16.9. The second-order valence-electron chi connectivity index (χ2n) is 17.7. The highest BCUT2D eigenvalue weighted by atomic mass is 16.2. The molecule has 2 fully saturated rings. The molecule has 13 nitrogen and oxygen atoms in total. The maximum Gasteiger partial charge on any atom is 0.315 e. The van der Waals surface area contributed by atoms with Gasteiger partial charge in [0.2, 0.25) is 11.7 Å². The number of nitrogens with zero attached hydrogens (tertiary/aromatic N) is 3. The normalized spacial score (nSPS) is 20.1. The molecule has 4 N–H and O–H groups in total. The molecular weight excluding hydrogens is 650 g/mol. The molecule has 288 valence electrons. The van der Waals surface area contributed by atoms with Crippen molar-refractivity contribution in [2.24, 2.45) is 28.6 Å². The lowest BCUT2D eigenvalue weighted by atomic mass is 9.85. The van der Waals surface area contributed by atoms with Gasteiger partial charge in [0.1, 0.15) is 11.4 Å². The molecule has 0 spiro atoms. The van der Waals surface area contributed by atoms with E-state index in [1.54, 1.807) is 37.9 Å². The number of carbonyl (C=O) groups is 4. The van der Waals surface area contributed by atoms with Gasteiger partial charge in [0.15, 0.2) is 0 Å². The van der Waals surface area contributed by atoms with Crippen LogP contribution in [0, 0.1) is 28.6 Å². The number of carbonyl (C=O) groups excluding carboxylic acids is 4. The SMILES string of the molecule is CCNC(=O)C(=O)C(CC1CC1)NC(=O)[C@@H]1[C@@H](CC(C)C)CCN1C[C@@H](NC(=O)N[C@H](CN(C)c1c(N(C)C)c(=O)c1=O)C(C)(C)C)C(C)(C)C. The van der Waals surface area contributed by atoms with E-state index in [1.165, 1.54) is 0 Å².